The molecule has 0 aromatic carbocycles. The number of oxime groups is 2. The molecule has 0 spiro atoms. The molecule has 4 saturated heterocycles. The monoisotopic (exact) mass is 1490 g/mol. The van der Waals surface area contributed by atoms with Crippen molar-refractivity contribution in [2.75, 3.05) is 27.3 Å². The highest BCUT2D eigenvalue weighted by Gasteiger charge is 2.64. The van der Waals surface area contributed by atoms with Gasteiger partial charge in [0.1, 0.15) is 85.5 Å². The number of nitrogens with one attached hydrogen (secondary N) is 4. The molecule has 97 heavy (non-hydrogen) atoms. The lowest BCUT2D eigenvalue weighted by atomic mass is 9.81. The summed E-state index contributed by atoms with van der Waals surface area (Å²) in [6, 6.07) is -6.96. The number of guanidine groups is 4. The average Bonchev–Trinajstić information content (AvgIpc) is 1.71. The van der Waals surface area contributed by atoms with Crippen molar-refractivity contribution >= 4 is 67.5 Å². The molecule has 6 fully saturated rings. The molecule has 55 heteroatoms. The zero-order valence-corrected chi connectivity index (χ0v) is 53.4. The Morgan fingerprint density at radius 3 is 0.918 bits per heavy atom. The molecule has 568 valence electrons. The van der Waals surface area contributed by atoms with Crippen LogP contribution in [0.15, 0.2) is 10.3 Å². The molecule has 0 aromatic heterocycles. The summed E-state index contributed by atoms with van der Waals surface area (Å²) in [4.78, 5) is 0. The standard InChI is InChI=1S/2C21H40N8O12.3H2O4S/c2*1-5-21(36,4-27-37)16(41-17-9(26-2)13(34)10(31)6(3-30)39-17)18(38-5)40-15-8(29-20(24)25)11(32)7(28-19(22)23)12(33)14(15)35;3*1-5(2,3)4/h2*4-18,26,30-37H,3H2,1-2H3,(H4,22,23,28)(H4,24,25,29);3*(H2,1,2,3,4). The number of hydrogen-bond acceptors (Lipinski definition) is 42. The molecule has 40 N–H and O–H groups in total. The van der Waals surface area contributed by atoms with Crippen LogP contribution < -0.4 is 54.8 Å². The largest absolute Gasteiger partial charge is 0.759 e. The van der Waals surface area contributed by atoms with E-state index in [-0.39, 0.29) is 0 Å². The van der Waals surface area contributed by atoms with Crippen LogP contribution in [0.5, 0.6) is 0 Å². The zero-order valence-electron chi connectivity index (χ0n) is 50.9. The summed E-state index contributed by atoms with van der Waals surface area (Å²) in [6.45, 7) is 1.41. The van der Waals surface area contributed by atoms with Gasteiger partial charge in [0.15, 0.2) is 72.2 Å². The second-order valence-electron chi connectivity index (χ2n) is 22.1. The molecule has 6 rings (SSSR count). The molecule has 0 radical (unpaired) electrons. The molecule has 0 aromatic rings. The average molecular weight is 1490 g/mol. The second kappa shape index (κ2) is 37.3. The number of hydrogen-bond donors (Lipinski definition) is 30. The van der Waals surface area contributed by atoms with Crippen LogP contribution >= 0.6 is 0 Å². The fourth-order valence-corrected chi connectivity index (χ4v) is 11.1. The summed E-state index contributed by atoms with van der Waals surface area (Å²) < 4.78 is 149. The number of quaternary nitrogens is 6. The highest BCUT2D eigenvalue weighted by Crippen LogP contribution is 2.39. The minimum Gasteiger partial charge on any atom is -0.759 e. The summed E-state index contributed by atoms with van der Waals surface area (Å²) in [5.41, 5.74) is 17.5. The van der Waals surface area contributed by atoms with Gasteiger partial charge in [0, 0.05) is 31.2 Å². The maximum absolute atomic E-state index is 11.4. The van der Waals surface area contributed by atoms with Crippen LogP contribution in [0, 0.1) is 21.6 Å². The van der Waals surface area contributed by atoms with Crippen molar-refractivity contribution in [3.8, 4) is 0 Å². The van der Waals surface area contributed by atoms with Gasteiger partial charge in [-0.05, 0) is 13.8 Å². The highest BCUT2D eigenvalue weighted by molar-refractivity contribution is 7.80. The second-order valence-corrected chi connectivity index (χ2v) is 24.5. The Bertz CT molecular complexity index is 2710. The predicted octanol–water partition coefficient (Wildman–Crippen LogP) is -25.1. The van der Waals surface area contributed by atoms with Gasteiger partial charge in [0.05, 0.1) is 51.9 Å². The summed E-state index contributed by atoms with van der Waals surface area (Å²) >= 11 is 0. The number of rotatable bonds is 18. The maximum Gasteiger partial charge on any atom is 0.289 e. The van der Waals surface area contributed by atoms with E-state index in [9.17, 15) is 81.9 Å². The Labute approximate surface area is 548 Å². The molecule has 30 unspecified atom stereocenters. The SMILES string of the molecule is C[NH2+]C1C(OC2C(OC3C(O)C(O)C([NH2+]C(=N)N)C(O)C3[NH2+]C(=N)N)OC(C)C2(O)C=NO)OC(CO)C(O)C1O.C[NH2+]C1C(OC2C(OC3C(O)C(O)C([NH2+]C(=N)N)C(O)C3[NH2+]C(=N)N)OC(C)C2(O)C=NO)OC(CO)C(O)C1O.O=S(=O)([O-])[O-].O=S(=O)([O-])[O-].O=S(=O)([O-])[O-]. The van der Waals surface area contributed by atoms with E-state index >= 15 is 0 Å². The van der Waals surface area contributed by atoms with Crippen LogP contribution in [0.1, 0.15) is 13.8 Å². The Hall–Kier alpha value is -4.69. The third kappa shape index (κ3) is 24.8. The van der Waals surface area contributed by atoms with E-state index in [4.69, 9.17) is 135 Å². The molecule has 2 aliphatic carbocycles. The van der Waals surface area contributed by atoms with Crippen molar-refractivity contribution in [2.45, 2.75) is 196 Å². The quantitative estimate of drug-likeness (QED) is 0.0151. The highest BCUT2D eigenvalue weighted by atomic mass is 32.3. The first-order valence-corrected chi connectivity index (χ1v) is 31.8. The Kier molecular flexibility index (Phi) is 34.0. The van der Waals surface area contributed by atoms with Crippen LogP contribution in [0.3, 0.4) is 0 Å². The van der Waals surface area contributed by atoms with Crippen molar-refractivity contribution in [3.05, 3.63) is 0 Å². The van der Waals surface area contributed by atoms with Crippen LogP contribution in [0.25, 0.3) is 0 Å². The van der Waals surface area contributed by atoms with Gasteiger partial charge in [-0.25, -0.2) is 21.6 Å². The summed E-state index contributed by atoms with van der Waals surface area (Å²) in [5, 5.41) is 211. The number of likely N-dealkylation sites (N-methyl/N-ethyl adjacent to an activating group) is 2. The van der Waals surface area contributed by atoms with E-state index in [0.717, 1.165) is 21.3 Å². The van der Waals surface area contributed by atoms with Gasteiger partial charge < -0.3 is 181 Å². The lowest BCUT2D eigenvalue weighted by Gasteiger charge is -2.44. The summed E-state index contributed by atoms with van der Waals surface area (Å²) in [7, 11) is -12.4. The van der Waals surface area contributed by atoms with Crippen LogP contribution in [-0.2, 0) is 69.1 Å². The molecule has 52 nitrogen and oxygen atoms in total. The minimum absolute atomic E-state index is 0.487. The molecule has 4 heterocycles. The van der Waals surface area contributed by atoms with Gasteiger partial charge in [0.2, 0.25) is 12.6 Å². The molecule has 4 aliphatic heterocycles. The normalized spacial score (nSPS) is 41.6. The first kappa shape index (κ1) is 88.4. The van der Waals surface area contributed by atoms with Crippen LogP contribution in [-0.4, -0.2) is 381 Å². The van der Waals surface area contributed by atoms with Gasteiger partial charge >= 0.3 is 0 Å². The van der Waals surface area contributed by atoms with Gasteiger partial charge in [-0.2, -0.15) is 0 Å². The van der Waals surface area contributed by atoms with E-state index in [0.29, 0.717) is 12.4 Å². The molecule has 0 bridgehead atoms. The van der Waals surface area contributed by atoms with E-state index in [1.807, 2.05) is 0 Å². The number of aliphatic hydroxyl groups excluding tert-OH is 12. The van der Waals surface area contributed by atoms with E-state index < -0.39 is 251 Å². The van der Waals surface area contributed by atoms with Crippen molar-refractivity contribution in [2.24, 2.45) is 33.2 Å². The lowest BCUT2D eigenvalue weighted by molar-refractivity contribution is -0.696. The van der Waals surface area contributed by atoms with E-state index in [2.05, 4.69) is 10.3 Å². The van der Waals surface area contributed by atoms with Gasteiger partial charge in [-0.1, -0.05) is 10.3 Å². The van der Waals surface area contributed by atoms with Crippen LogP contribution in [0.4, 0.5) is 0 Å². The molecule has 30 atom stereocenters. The molecule has 0 amide bonds. The number of nitrogens with two attached hydrogens (primary N) is 10. The lowest BCUT2D eigenvalue weighted by Crippen LogP contribution is -3.08. The Balaban J connectivity index is 0.000000544. The van der Waals surface area contributed by atoms with E-state index in [1.165, 1.54) is 24.5 Å². The van der Waals surface area contributed by atoms with Crippen molar-refractivity contribution < 1.29 is 204 Å². The first-order chi connectivity index (χ1) is 44.4. The van der Waals surface area contributed by atoms with Crippen molar-refractivity contribution in [3.63, 3.8) is 0 Å². The number of ether oxygens (including phenoxy) is 8. The zero-order chi connectivity index (χ0) is 75.1. The van der Waals surface area contributed by atoms with Gasteiger partial charge in [-0.3, -0.25) is 46.5 Å². The smallest absolute Gasteiger partial charge is 0.289 e. The summed E-state index contributed by atoms with van der Waals surface area (Å²) in [5.74, 6) is -1.99. The minimum atomic E-state index is -5.17. The first-order valence-electron chi connectivity index (χ1n) is 27.8. The fraction of sp³-hybridized carbons (Fsp3) is 0.857. The molecule has 2 saturated carbocycles. The number of nitrogens with zero attached hydrogens (tertiary/aromatic N) is 2. The van der Waals surface area contributed by atoms with Crippen LogP contribution in [0.2, 0.25) is 0 Å². The van der Waals surface area contributed by atoms with Gasteiger partial charge in [-0.15, -0.1) is 0 Å². The third-order valence-electron chi connectivity index (χ3n) is 15.7. The molecule has 6 aliphatic rings. The van der Waals surface area contributed by atoms with Gasteiger partial charge in [0.25, 0.3) is 23.8 Å². The summed E-state index contributed by atoms with van der Waals surface area (Å²) in [6.07, 6.45) is -31.7. The fourth-order valence-electron chi connectivity index (χ4n) is 11.1. The third-order valence-corrected chi connectivity index (χ3v) is 15.7. The van der Waals surface area contributed by atoms with Crippen molar-refractivity contribution in [1.29, 1.82) is 21.6 Å². The van der Waals surface area contributed by atoms with Crippen molar-refractivity contribution in [1.82, 2.24) is 0 Å². The Morgan fingerprint density at radius 1 is 0.443 bits per heavy atom. The number of aliphatic hydroxyl groups is 14. The molecular formula is C42H86N16O36S3. The topological polar surface area (TPSA) is 962 Å². The predicted molar refractivity (Wildman–Crippen MR) is 295 cm³/mol. The molecular weight excluding hydrogens is 1400 g/mol. The maximum atomic E-state index is 11.4. The van der Waals surface area contributed by atoms with E-state index in [1.54, 1.807) is 14.1 Å². The Morgan fingerprint density at radius 2 is 0.691 bits per heavy atom.